The van der Waals surface area contributed by atoms with E-state index in [0.717, 1.165) is 5.69 Å². The lowest BCUT2D eigenvalue weighted by Gasteiger charge is -2.22. The molecule has 2 heterocycles. The Labute approximate surface area is 141 Å². The number of benzene rings is 1. The molecule has 3 rings (SSSR count). The van der Waals surface area contributed by atoms with Gasteiger partial charge < -0.3 is 25.0 Å². The van der Waals surface area contributed by atoms with Gasteiger partial charge in [0.05, 0.1) is 0 Å². The number of likely N-dealkylation sites (N-methyl/N-ethyl adjacent to an activating group) is 1. The summed E-state index contributed by atoms with van der Waals surface area (Å²) in [5.74, 6) is 0.333. The highest BCUT2D eigenvalue weighted by atomic mass is 16.6. The van der Waals surface area contributed by atoms with Crippen LogP contribution in [0.3, 0.4) is 0 Å². The zero-order valence-corrected chi connectivity index (χ0v) is 14.0. The molecule has 2 aliphatic heterocycles. The summed E-state index contributed by atoms with van der Waals surface area (Å²) in [5, 5.41) is 5.88. The van der Waals surface area contributed by atoms with E-state index < -0.39 is 5.92 Å². The first kappa shape index (κ1) is 16.6. The second kappa shape index (κ2) is 7.09. The van der Waals surface area contributed by atoms with Gasteiger partial charge in [-0.2, -0.15) is 0 Å². The van der Waals surface area contributed by atoms with Gasteiger partial charge in [0.1, 0.15) is 19.1 Å². The molecule has 1 saturated heterocycles. The van der Waals surface area contributed by atoms with Gasteiger partial charge in [0.15, 0.2) is 11.5 Å². The largest absolute Gasteiger partial charge is 0.486 e. The molecule has 2 unspecified atom stereocenters. The Morgan fingerprint density at radius 1 is 1.33 bits per heavy atom. The second-order valence-corrected chi connectivity index (χ2v) is 6.09. The third kappa shape index (κ3) is 3.31. The van der Waals surface area contributed by atoms with E-state index in [1.165, 1.54) is 0 Å². The molecule has 0 saturated carbocycles. The first-order valence-corrected chi connectivity index (χ1v) is 8.26. The fraction of sp³-hybridized carbons (Fsp3) is 0.529. The molecule has 2 amide bonds. The average Bonchev–Trinajstić information content (AvgIpc) is 3.00. The molecule has 2 atom stereocenters. The fourth-order valence-electron chi connectivity index (χ4n) is 2.86. The Morgan fingerprint density at radius 2 is 2.08 bits per heavy atom. The van der Waals surface area contributed by atoms with Gasteiger partial charge in [-0.1, -0.05) is 0 Å². The van der Waals surface area contributed by atoms with Crippen LogP contribution in [0.4, 0.5) is 5.69 Å². The van der Waals surface area contributed by atoms with Crippen molar-refractivity contribution in [2.45, 2.75) is 19.4 Å². The summed E-state index contributed by atoms with van der Waals surface area (Å²) < 4.78 is 11.1. The van der Waals surface area contributed by atoms with Crippen LogP contribution in [0.15, 0.2) is 18.2 Å². The number of nitrogens with zero attached hydrogens (tertiary/aromatic N) is 1. The van der Waals surface area contributed by atoms with Crippen molar-refractivity contribution in [2.75, 3.05) is 38.3 Å². The van der Waals surface area contributed by atoms with Gasteiger partial charge in [0.25, 0.3) is 0 Å². The smallest absolute Gasteiger partial charge is 0.239 e. The molecular formula is C17H23N3O4. The van der Waals surface area contributed by atoms with Crippen molar-refractivity contribution in [2.24, 2.45) is 5.92 Å². The van der Waals surface area contributed by atoms with Gasteiger partial charge in [-0.25, -0.2) is 0 Å². The fourth-order valence-corrected chi connectivity index (χ4v) is 2.86. The third-order valence-corrected chi connectivity index (χ3v) is 4.43. The maximum atomic E-state index is 12.6. The number of ether oxygens (including phenoxy) is 2. The molecule has 0 spiro atoms. The first-order valence-electron chi connectivity index (χ1n) is 8.26. The Morgan fingerprint density at radius 3 is 2.83 bits per heavy atom. The van der Waals surface area contributed by atoms with E-state index in [0.29, 0.717) is 44.2 Å². The molecule has 24 heavy (non-hydrogen) atoms. The highest BCUT2D eigenvalue weighted by Gasteiger charge is 2.37. The van der Waals surface area contributed by atoms with E-state index in [4.69, 9.17) is 9.47 Å². The van der Waals surface area contributed by atoms with E-state index >= 15 is 0 Å². The van der Waals surface area contributed by atoms with Crippen LogP contribution in [0, 0.1) is 5.92 Å². The molecule has 0 bridgehead atoms. The maximum absolute atomic E-state index is 12.6. The summed E-state index contributed by atoms with van der Waals surface area (Å²) in [5.41, 5.74) is 0.739. The zero-order valence-electron chi connectivity index (χ0n) is 14.0. The van der Waals surface area contributed by atoms with Crippen LogP contribution in [-0.2, 0) is 9.59 Å². The summed E-state index contributed by atoms with van der Waals surface area (Å²) in [6.07, 6.45) is 0.521. The summed E-state index contributed by atoms with van der Waals surface area (Å²) in [6, 6.07) is 5.60. The van der Waals surface area contributed by atoms with Crippen LogP contribution in [0.1, 0.15) is 13.3 Å². The summed E-state index contributed by atoms with van der Waals surface area (Å²) in [6.45, 7) is 4.03. The van der Waals surface area contributed by atoms with Crippen molar-refractivity contribution in [1.29, 1.82) is 0 Å². The SMILES string of the molecule is CNC(C)CNC(=O)C1CCN(c2ccc3c(c2)OCCO3)C1=O. The topological polar surface area (TPSA) is 79.9 Å². The van der Waals surface area contributed by atoms with Crippen LogP contribution in [-0.4, -0.2) is 51.2 Å². The van der Waals surface area contributed by atoms with E-state index in [9.17, 15) is 9.59 Å². The molecule has 0 aliphatic carbocycles. The number of nitrogens with one attached hydrogen (secondary N) is 2. The quantitative estimate of drug-likeness (QED) is 0.769. The van der Waals surface area contributed by atoms with Crippen molar-refractivity contribution < 1.29 is 19.1 Å². The van der Waals surface area contributed by atoms with E-state index in [1.54, 1.807) is 17.0 Å². The van der Waals surface area contributed by atoms with Crippen LogP contribution < -0.4 is 25.0 Å². The molecule has 2 N–H and O–H groups in total. The van der Waals surface area contributed by atoms with Gasteiger partial charge in [0.2, 0.25) is 11.8 Å². The lowest BCUT2D eigenvalue weighted by Crippen LogP contribution is -2.42. The molecule has 0 radical (unpaired) electrons. The Hall–Kier alpha value is -2.28. The molecule has 1 aromatic carbocycles. The van der Waals surface area contributed by atoms with Crippen molar-refractivity contribution in [3.63, 3.8) is 0 Å². The van der Waals surface area contributed by atoms with E-state index in [-0.39, 0.29) is 17.9 Å². The normalized spacial score (nSPS) is 20.8. The monoisotopic (exact) mass is 333 g/mol. The predicted octanol–water partition coefficient (Wildman–Crippen LogP) is 0.535. The van der Waals surface area contributed by atoms with Crippen LogP contribution >= 0.6 is 0 Å². The van der Waals surface area contributed by atoms with E-state index in [2.05, 4.69) is 10.6 Å². The minimum atomic E-state index is -0.623. The molecule has 7 heteroatoms. The zero-order chi connectivity index (χ0) is 17.1. The summed E-state index contributed by atoms with van der Waals surface area (Å²) >= 11 is 0. The number of hydrogen-bond donors (Lipinski definition) is 2. The van der Waals surface area contributed by atoms with Crippen molar-refractivity contribution in [1.82, 2.24) is 10.6 Å². The Bertz CT molecular complexity index is 634. The average molecular weight is 333 g/mol. The number of amides is 2. The summed E-state index contributed by atoms with van der Waals surface area (Å²) in [4.78, 5) is 26.5. The maximum Gasteiger partial charge on any atom is 0.239 e. The van der Waals surface area contributed by atoms with Crippen molar-refractivity contribution in [3.05, 3.63) is 18.2 Å². The number of fused-ring (bicyclic) bond motifs is 1. The van der Waals surface area contributed by atoms with Gasteiger partial charge in [-0.15, -0.1) is 0 Å². The number of carbonyl (C=O) groups is 2. The van der Waals surface area contributed by atoms with Crippen molar-refractivity contribution in [3.8, 4) is 11.5 Å². The first-order chi connectivity index (χ1) is 11.6. The number of anilines is 1. The van der Waals surface area contributed by atoms with Gasteiger partial charge in [-0.05, 0) is 32.5 Å². The number of carbonyl (C=O) groups excluding carboxylic acids is 2. The highest BCUT2D eigenvalue weighted by molar-refractivity contribution is 6.09. The van der Waals surface area contributed by atoms with Crippen LogP contribution in [0.2, 0.25) is 0 Å². The molecule has 1 aromatic rings. The number of rotatable bonds is 5. The molecule has 7 nitrogen and oxygen atoms in total. The number of hydrogen-bond acceptors (Lipinski definition) is 5. The second-order valence-electron chi connectivity index (χ2n) is 6.09. The lowest BCUT2D eigenvalue weighted by molar-refractivity contribution is -0.132. The minimum Gasteiger partial charge on any atom is -0.486 e. The molecule has 1 fully saturated rings. The minimum absolute atomic E-state index is 0.165. The van der Waals surface area contributed by atoms with Crippen LogP contribution in [0.25, 0.3) is 0 Å². The Kier molecular flexibility index (Phi) is 4.89. The highest BCUT2D eigenvalue weighted by Crippen LogP contribution is 2.35. The van der Waals surface area contributed by atoms with Gasteiger partial charge in [0, 0.05) is 30.9 Å². The molecule has 130 valence electrons. The predicted molar refractivity (Wildman–Crippen MR) is 89.4 cm³/mol. The third-order valence-electron chi connectivity index (χ3n) is 4.43. The van der Waals surface area contributed by atoms with Crippen molar-refractivity contribution >= 4 is 17.5 Å². The Balaban J connectivity index is 1.66. The molecule has 0 aromatic heterocycles. The molecular weight excluding hydrogens is 310 g/mol. The lowest BCUT2D eigenvalue weighted by atomic mass is 10.1. The van der Waals surface area contributed by atoms with Gasteiger partial charge >= 0.3 is 0 Å². The van der Waals surface area contributed by atoms with Gasteiger partial charge in [-0.3, -0.25) is 9.59 Å². The standard InChI is InChI=1S/C17H23N3O4/c1-11(18-2)10-19-16(21)13-5-6-20(17(13)22)12-3-4-14-15(9-12)24-8-7-23-14/h3-4,9,11,13,18H,5-8,10H2,1-2H3,(H,19,21). The van der Waals surface area contributed by atoms with E-state index in [1.807, 2.05) is 20.0 Å². The van der Waals surface area contributed by atoms with Crippen LogP contribution in [0.5, 0.6) is 11.5 Å². The molecule has 2 aliphatic rings. The summed E-state index contributed by atoms with van der Waals surface area (Å²) in [7, 11) is 1.83.